The molecule has 0 aromatic rings. The van der Waals surface area contributed by atoms with Crippen LogP contribution in [0, 0.1) is 0 Å². The summed E-state index contributed by atoms with van der Waals surface area (Å²) in [5.74, 6) is -0.661. The third kappa shape index (κ3) is 4.17. The summed E-state index contributed by atoms with van der Waals surface area (Å²) in [6.07, 6.45) is 4.66. The van der Waals surface area contributed by atoms with Gasteiger partial charge in [0.2, 0.25) is 5.25 Å². The molecule has 1 N–H and O–H groups in total. The molecule has 0 aromatic carbocycles. The zero-order chi connectivity index (χ0) is 7.44. The Morgan fingerprint density at radius 2 is 2.00 bits per heavy atom. The number of carboxylic acids is 1. The summed E-state index contributed by atoms with van der Waals surface area (Å²) >= 11 is 0. The van der Waals surface area contributed by atoms with Crippen molar-refractivity contribution < 1.29 is 26.9 Å². The Labute approximate surface area is 75.1 Å². The van der Waals surface area contributed by atoms with Gasteiger partial charge in [-0.25, -0.2) is 4.79 Å². The van der Waals surface area contributed by atoms with Crippen LogP contribution in [0.5, 0.6) is 0 Å². The zero-order valence-corrected chi connectivity index (χ0v) is 8.83. The molecule has 0 heterocycles. The number of carbonyl (C=O) groups is 1. The highest BCUT2D eigenvalue weighted by molar-refractivity contribution is 7.96. The van der Waals surface area contributed by atoms with Gasteiger partial charge in [-0.15, -0.1) is 0 Å². The van der Waals surface area contributed by atoms with Crippen molar-refractivity contribution in [2.24, 2.45) is 0 Å². The van der Waals surface area contributed by atoms with E-state index in [1.54, 1.807) is 0 Å². The van der Waals surface area contributed by atoms with Gasteiger partial charge in [-0.1, -0.05) is 6.92 Å². The van der Waals surface area contributed by atoms with Crippen molar-refractivity contribution in [3.05, 3.63) is 0 Å². The normalized spacial score (nSPS) is 12.4. The van der Waals surface area contributed by atoms with Crippen LogP contribution in [0.2, 0.25) is 0 Å². The van der Waals surface area contributed by atoms with Crippen molar-refractivity contribution in [1.29, 1.82) is 0 Å². The molecule has 0 radical (unpaired) electrons. The Morgan fingerprint density at radius 3 is 2.00 bits per heavy atom. The predicted octanol–water partition coefficient (Wildman–Crippen LogP) is -2.27. The first kappa shape index (κ1) is 12.9. The molecule has 0 bridgehead atoms. The number of rotatable bonds is 3. The second-order valence-electron chi connectivity index (χ2n) is 2.11. The fourth-order valence-electron chi connectivity index (χ4n) is 0.710. The predicted molar refractivity (Wildman–Crippen MR) is 40.9 cm³/mol. The Morgan fingerprint density at radius 1 is 1.60 bits per heavy atom. The molecule has 0 saturated heterocycles. The SMILES string of the molecule is CCC(C(=O)O)[S+](C)C.[Br-]. The van der Waals surface area contributed by atoms with E-state index in [9.17, 15) is 4.79 Å². The van der Waals surface area contributed by atoms with Crippen LogP contribution in [0.4, 0.5) is 0 Å². The van der Waals surface area contributed by atoms with Crippen LogP contribution in [0.3, 0.4) is 0 Å². The fourth-order valence-corrected chi connectivity index (χ4v) is 1.78. The molecule has 0 aromatic heterocycles. The number of hydrogen-bond acceptors (Lipinski definition) is 1. The van der Waals surface area contributed by atoms with Gasteiger partial charge in [-0.2, -0.15) is 0 Å². The molecule has 2 nitrogen and oxygen atoms in total. The van der Waals surface area contributed by atoms with Crippen LogP contribution < -0.4 is 17.0 Å². The standard InChI is InChI=1S/C6H12O2S.BrH/c1-4-5(6(7)8)9(2)3;/h5H,4H2,1-3H3;1H. The minimum Gasteiger partial charge on any atom is -1.00 e. The van der Waals surface area contributed by atoms with Crippen molar-refractivity contribution in [3.63, 3.8) is 0 Å². The highest BCUT2D eigenvalue weighted by Crippen LogP contribution is 2.03. The molecule has 0 rings (SSSR count). The fraction of sp³-hybridized carbons (Fsp3) is 0.833. The molecule has 0 saturated carbocycles. The van der Waals surface area contributed by atoms with Crippen molar-refractivity contribution >= 4 is 16.9 Å². The first-order valence-electron chi connectivity index (χ1n) is 2.88. The summed E-state index contributed by atoms with van der Waals surface area (Å²) < 4.78 is 0. The minimum atomic E-state index is -0.661. The quantitative estimate of drug-likeness (QED) is 0.554. The maximum absolute atomic E-state index is 10.4. The van der Waals surface area contributed by atoms with E-state index in [0.29, 0.717) is 0 Å². The lowest BCUT2D eigenvalue weighted by atomic mass is 10.3. The van der Waals surface area contributed by atoms with Gasteiger partial charge >= 0.3 is 5.97 Å². The molecule has 0 aliphatic carbocycles. The molecule has 1 atom stereocenters. The molecule has 10 heavy (non-hydrogen) atoms. The molecule has 0 fully saturated rings. The Kier molecular flexibility index (Phi) is 7.81. The maximum atomic E-state index is 10.4. The molecule has 0 amide bonds. The summed E-state index contributed by atoms with van der Waals surface area (Å²) in [7, 11) is 0.0170. The average Bonchev–Trinajstić information content (AvgIpc) is 1.64. The summed E-state index contributed by atoms with van der Waals surface area (Å²) in [5.41, 5.74) is 0. The molecule has 0 aliphatic rings. The van der Waals surface area contributed by atoms with Crippen LogP contribution in [-0.4, -0.2) is 28.8 Å². The first-order chi connectivity index (χ1) is 4.09. The van der Waals surface area contributed by atoms with Gasteiger partial charge in [-0.3, -0.25) is 0 Å². The number of carboxylic acid groups (broad SMARTS) is 1. The second-order valence-corrected chi connectivity index (χ2v) is 4.44. The Hall–Kier alpha value is 0.300. The highest BCUT2D eigenvalue weighted by Gasteiger charge is 2.26. The van der Waals surface area contributed by atoms with Gasteiger partial charge in [0.1, 0.15) is 0 Å². The van der Waals surface area contributed by atoms with Crippen LogP contribution in [0.15, 0.2) is 0 Å². The van der Waals surface area contributed by atoms with Crippen LogP contribution in [-0.2, 0) is 15.7 Å². The van der Waals surface area contributed by atoms with Gasteiger partial charge in [-0.05, 0) is 10.9 Å². The lowest BCUT2D eigenvalue weighted by Gasteiger charge is -2.03. The Balaban J connectivity index is 0. The van der Waals surface area contributed by atoms with Crippen molar-refractivity contribution in [1.82, 2.24) is 0 Å². The van der Waals surface area contributed by atoms with E-state index in [2.05, 4.69) is 0 Å². The van der Waals surface area contributed by atoms with E-state index in [4.69, 9.17) is 5.11 Å². The number of halogens is 1. The lowest BCUT2D eigenvalue weighted by Crippen LogP contribution is -3.00. The summed E-state index contributed by atoms with van der Waals surface area (Å²) in [6.45, 7) is 1.91. The average molecular weight is 229 g/mol. The molecule has 0 spiro atoms. The van der Waals surface area contributed by atoms with Gasteiger partial charge in [0.25, 0.3) is 0 Å². The number of aliphatic carboxylic acids is 1. The van der Waals surface area contributed by atoms with E-state index in [1.807, 2.05) is 19.4 Å². The van der Waals surface area contributed by atoms with E-state index < -0.39 is 5.97 Å². The molecular formula is C6H13BrO2S. The summed E-state index contributed by atoms with van der Waals surface area (Å²) in [6, 6.07) is 0. The smallest absolute Gasteiger partial charge is 0.356 e. The lowest BCUT2D eigenvalue weighted by molar-refractivity contribution is -0.136. The summed E-state index contributed by atoms with van der Waals surface area (Å²) in [5, 5.41) is 8.42. The van der Waals surface area contributed by atoms with Crippen LogP contribution in [0.1, 0.15) is 13.3 Å². The van der Waals surface area contributed by atoms with Gasteiger partial charge < -0.3 is 22.1 Å². The highest BCUT2D eigenvalue weighted by atomic mass is 79.9. The molecule has 4 heteroatoms. The monoisotopic (exact) mass is 228 g/mol. The number of hydrogen-bond donors (Lipinski definition) is 1. The van der Waals surface area contributed by atoms with Crippen molar-refractivity contribution in [2.45, 2.75) is 18.6 Å². The van der Waals surface area contributed by atoms with Gasteiger partial charge in [0.05, 0.1) is 12.5 Å². The maximum Gasteiger partial charge on any atom is 0.356 e. The van der Waals surface area contributed by atoms with Gasteiger partial charge in [0, 0.05) is 6.42 Å². The van der Waals surface area contributed by atoms with Crippen LogP contribution >= 0.6 is 0 Å². The minimum absolute atomic E-state index is 0. The summed E-state index contributed by atoms with van der Waals surface area (Å²) in [4.78, 5) is 10.4. The van der Waals surface area contributed by atoms with Crippen LogP contribution in [0.25, 0.3) is 0 Å². The van der Waals surface area contributed by atoms with E-state index in [0.717, 1.165) is 6.42 Å². The third-order valence-corrected chi connectivity index (χ3v) is 2.89. The topological polar surface area (TPSA) is 37.3 Å². The molecular weight excluding hydrogens is 216 g/mol. The zero-order valence-electron chi connectivity index (χ0n) is 6.43. The van der Waals surface area contributed by atoms with Crippen molar-refractivity contribution in [3.8, 4) is 0 Å². The van der Waals surface area contributed by atoms with E-state index in [-0.39, 0.29) is 33.1 Å². The second kappa shape index (κ2) is 6.04. The first-order valence-corrected chi connectivity index (χ1v) is 4.99. The van der Waals surface area contributed by atoms with Crippen molar-refractivity contribution in [2.75, 3.05) is 12.5 Å². The third-order valence-electron chi connectivity index (χ3n) is 1.22. The van der Waals surface area contributed by atoms with E-state index in [1.165, 1.54) is 0 Å². The Bertz CT molecular complexity index is 106. The molecule has 62 valence electrons. The largest absolute Gasteiger partial charge is 1.00 e. The molecule has 0 aliphatic heterocycles. The van der Waals surface area contributed by atoms with Gasteiger partial charge in [0.15, 0.2) is 0 Å². The molecule has 1 unspecified atom stereocenters. The van der Waals surface area contributed by atoms with E-state index >= 15 is 0 Å².